The number of nitrogens with zero attached hydrogens (tertiary/aromatic N) is 1. The molecule has 2 aromatic rings. The highest BCUT2D eigenvalue weighted by atomic mass is 16.5. The first kappa shape index (κ1) is 20.0. The lowest BCUT2D eigenvalue weighted by molar-refractivity contribution is 0.0928. The van der Waals surface area contributed by atoms with Crippen molar-refractivity contribution in [3.63, 3.8) is 0 Å². The standard InChI is InChI=1S/C22H30N2O2/c1-17-8-6-9-18(12-17)14-26-20-11-7-10-19(13-20)21(25)23-15-22(2,3)16-24(4)5/h6-13H,14-16H2,1-5H3,(H,23,25). The average Bonchev–Trinajstić information content (AvgIpc) is 2.57. The number of carbonyl (C=O) groups excluding carboxylic acids is 1. The minimum atomic E-state index is -0.0714. The lowest BCUT2D eigenvalue weighted by atomic mass is 9.93. The van der Waals surface area contributed by atoms with Crippen LogP contribution in [0.3, 0.4) is 0 Å². The lowest BCUT2D eigenvalue weighted by Crippen LogP contribution is -2.39. The molecule has 0 aliphatic rings. The van der Waals surface area contributed by atoms with E-state index in [0.717, 1.165) is 12.1 Å². The van der Waals surface area contributed by atoms with Crippen LogP contribution in [0.25, 0.3) is 0 Å². The summed E-state index contributed by atoms with van der Waals surface area (Å²) in [6.07, 6.45) is 0. The first-order valence-corrected chi connectivity index (χ1v) is 8.96. The van der Waals surface area contributed by atoms with Gasteiger partial charge in [0, 0.05) is 18.7 Å². The summed E-state index contributed by atoms with van der Waals surface area (Å²) in [6.45, 7) is 8.38. The van der Waals surface area contributed by atoms with Gasteiger partial charge in [0.2, 0.25) is 0 Å². The summed E-state index contributed by atoms with van der Waals surface area (Å²) in [4.78, 5) is 14.6. The quantitative estimate of drug-likeness (QED) is 0.782. The fraction of sp³-hybridized carbons (Fsp3) is 0.409. The first-order chi connectivity index (χ1) is 12.2. The van der Waals surface area contributed by atoms with Gasteiger partial charge in [0.1, 0.15) is 12.4 Å². The average molecular weight is 354 g/mol. The fourth-order valence-electron chi connectivity index (χ4n) is 3.03. The molecule has 0 saturated heterocycles. The molecule has 0 radical (unpaired) electrons. The van der Waals surface area contributed by atoms with E-state index in [9.17, 15) is 4.79 Å². The number of amides is 1. The molecule has 140 valence electrons. The number of hydrogen-bond acceptors (Lipinski definition) is 3. The van der Waals surface area contributed by atoms with Gasteiger partial charge < -0.3 is 15.0 Å². The van der Waals surface area contributed by atoms with Gasteiger partial charge in [-0.15, -0.1) is 0 Å². The molecule has 0 aliphatic carbocycles. The van der Waals surface area contributed by atoms with Crippen LogP contribution in [0.2, 0.25) is 0 Å². The Balaban J connectivity index is 1.94. The molecule has 0 unspecified atom stereocenters. The number of aryl methyl sites for hydroxylation is 1. The molecule has 4 nitrogen and oxygen atoms in total. The molecule has 0 saturated carbocycles. The molecule has 4 heteroatoms. The molecule has 0 atom stereocenters. The van der Waals surface area contributed by atoms with Crippen LogP contribution in [-0.4, -0.2) is 38.0 Å². The van der Waals surface area contributed by atoms with E-state index in [4.69, 9.17) is 4.74 Å². The number of nitrogens with one attached hydrogen (secondary N) is 1. The Morgan fingerprint density at radius 1 is 1.12 bits per heavy atom. The summed E-state index contributed by atoms with van der Waals surface area (Å²) in [6, 6.07) is 15.6. The van der Waals surface area contributed by atoms with Gasteiger partial charge >= 0.3 is 0 Å². The third-order valence-electron chi connectivity index (χ3n) is 4.06. The van der Waals surface area contributed by atoms with E-state index in [0.29, 0.717) is 24.5 Å². The highest BCUT2D eigenvalue weighted by molar-refractivity contribution is 5.94. The molecule has 0 heterocycles. The topological polar surface area (TPSA) is 41.6 Å². The van der Waals surface area contributed by atoms with Crippen LogP contribution in [0.4, 0.5) is 0 Å². The van der Waals surface area contributed by atoms with Crippen molar-refractivity contribution in [1.82, 2.24) is 10.2 Å². The number of hydrogen-bond donors (Lipinski definition) is 1. The Hall–Kier alpha value is -2.33. The number of rotatable bonds is 8. The molecule has 0 spiro atoms. The summed E-state index contributed by atoms with van der Waals surface area (Å²) < 4.78 is 5.85. The third kappa shape index (κ3) is 6.52. The van der Waals surface area contributed by atoms with E-state index in [-0.39, 0.29) is 11.3 Å². The van der Waals surface area contributed by atoms with Crippen molar-refractivity contribution < 1.29 is 9.53 Å². The molecule has 0 fully saturated rings. The SMILES string of the molecule is Cc1cccc(COc2cccc(C(=O)NCC(C)(C)CN(C)C)c2)c1. The molecular weight excluding hydrogens is 324 g/mol. The zero-order chi connectivity index (χ0) is 19.2. The van der Waals surface area contributed by atoms with Gasteiger partial charge in [-0.2, -0.15) is 0 Å². The second kappa shape index (κ2) is 8.86. The van der Waals surface area contributed by atoms with Crippen molar-refractivity contribution in [3.8, 4) is 5.75 Å². The van der Waals surface area contributed by atoms with E-state index >= 15 is 0 Å². The minimum absolute atomic E-state index is 0.0123. The van der Waals surface area contributed by atoms with Gasteiger partial charge in [0.25, 0.3) is 5.91 Å². The van der Waals surface area contributed by atoms with E-state index in [2.05, 4.69) is 43.1 Å². The van der Waals surface area contributed by atoms with Crippen LogP contribution in [0.5, 0.6) is 5.75 Å². The fourth-order valence-corrected chi connectivity index (χ4v) is 3.03. The summed E-state index contributed by atoms with van der Waals surface area (Å²) in [7, 11) is 4.08. The molecular formula is C22H30N2O2. The zero-order valence-corrected chi connectivity index (χ0v) is 16.5. The third-order valence-corrected chi connectivity index (χ3v) is 4.06. The van der Waals surface area contributed by atoms with E-state index in [1.165, 1.54) is 5.56 Å². The van der Waals surface area contributed by atoms with Crippen molar-refractivity contribution >= 4 is 5.91 Å². The predicted octanol–water partition coefficient (Wildman–Crippen LogP) is 3.89. The highest BCUT2D eigenvalue weighted by Gasteiger charge is 2.20. The molecule has 26 heavy (non-hydrogen) atoms. The van der Waals surface area contributed by atoms with Crippen LogP contribution >= 0.6 is 0 Å². The number of ether oxygens (including phenoxy) is 1. The molecule has 0 aromatic heterocycles. The smallest absolute Gasteiger partial charge is 0.251 e. The zero-order valence-electron chi connectivity index (χ0n) is 16.5. The van der Waals surface area contributed by atoms with Crippen LogP contribution in [0, 0.1) is 12.3 Å². The van der Waals surface area contributed by atoms with Crippen molar-refractivity contribution in [2.75, 3.05) is 27.2 Å². The van der Waals surface area contributed by atoms with Gasteiger partial charge in [-0.3, -0.25) is 4.79 Å². The van der Waals surface area contributed by atoms with Gasteiger partial charge in [-0.05, 0) is 50.2 Å². The molecule has 2 rings (SSSR count). The summed E-state index contributed by atoms with van der Waals surface area (Å²) in [5, 5.41) is 3.03. The van der Waals surface area contributed by atoms with Gasteiger partial charge in [-0.25, -0.2) is 0 Å². The molecule has 0 bridgehead atoms. The largest absolute Gasteiger partial charge is 0.489 e. The monoisotopic (exact) mass is 354 g/mol. The Morgan fingerprint density at radius 3 is 2.54 bits per heavy atom. The highest BCUT2D eigenvalue weighted by Crippen LogP contribution is 2.17. The van der Waals surface area contributed by atoms with Crippen LogP contribution in [-0.2, 0) is 6.61 Å². The molecule has 1 amide bonds. The van der Waals surface area contributed by atoms with Crippen LogP contribution in [0.1, 0.15) is 35.3 Å². The lowest BCUT2D eigenvalue weighted by Gasteiger charge is -2.28. The maximum atomic E-state index is 12.5. The second-order valence-corrected chi connectivity index (χ2v) is 7.89. The Labute approximate surface area is 157 Å². The maximum absolute atomic E-state index is 12.5. The summed E-state index contributed by atoms with van der Waals surface area (Å²) in [5.41, 5.74) is 2.95. The van der Waals surface area contributed by atoms with E-state index in [1.54, 1.807) is 6.07 Å². The van der Waals surface area contributed by atoms with Gasteiger partial charge in [0.15, 0.2) is 0 Å². The van der Waals surface area contributed by atoms with Crippen molar-refractivity contribution in [2.45, 2.75) is 27.4 Å². The van der Waals surface area contributed by atoms with E-state index < -0.39 is 0 Å². The van der Waals surface area contributed by atoms with Crippen molar-refractivity contribution in [3.05, 3.63) is 65.2 Å². The van der Waals surface area contributed by atoms with Gasteiger partial charge in [0.05, 0.1) is 0 Å². The minimum Gasteiger partial charge on any atom is -0.489 e. The summed E-state index contributed by atoms with van der Waals surface area (Å²) >= 11 is 0. The van der Waals surface area contributed by atoms with Crippen LogP contribution < -0.4 is 10.1 Å². The van der Waals surface area contributed by atoms with Crippen molar-refractivity contribution in [2.24, 2.45) is 5.41 Å². The number of benzene rings is 2. The Morgan fingerprint density at radius 2 is 1.85 bits per heavy atom. The molecule has 2 aromatic carbocycles. The molecule has 1 N–H and O–H groups in total. The maximum Gasteiger partial charge on any atom is 0.251 e. The Kier molecular flexibility index (Phi) is 6.81. The molecule has 0 aliphatic heterocycles. The number of carbonyl (C=O) groups is 1. The first-order valence-electron chi connectivity index (χ1n) is 8.96. The van der Waals surface area contributed by atoms with E-state index in [1.807, 2.05) is 44.4 Å². The normalized spacial score (nSPS) is 11.5. The van der Waals surface area contributed by atoms with Crippen LogP contribution in [0.15, 0.2) is 48.5 Å². The van der Waals surface area contributed by atoms with Crippen molar-refractivity contribution in [1.29, 1.82) is 0 Å². The second-order valence-electron chi connectivity index (χ2n) is 7.89. The summed E-state index contributed by atoms with van der Waals surface area (Å²) in [5.74, 6) is 0.629. The Bertz CT molecular complexity index is 738. The predicted molar refractivity (Wildman–Crippen MR) is 107 cm³/mol. The van der Waals surface area contributed by atoms with Gasteiger partial charge in [-0.1, -0.05) is 49.7 Å².